The zero-order valence-electron chi connectivity index (χ0n) is 10.9. The third-order valence-corrected chi connectivity index (χ3v) is 5.13. The van der Waals surface area contributed by atoms with Crippen molar-refractivity contribution in [2.45, 2.75) is 51.2 Å². The minimum atomic E-state index is -0.555. The second-order valence-corrected chi connectivity index (χ2v) is 6.33. The number of aliphatic hydroxyl groups is 1. The number of nitrogens with two attached hydrogens (primary N) is 1. The van der Waals surface area contributed by atoms with Gasteiger partial charge in [-0.2, -0.15) is 0 Å². The van der Waals surface area contributed by atoms with E-state index in [9.17, 15) is 5.11 Å². The first-order chi connectivity index (χ1) is 7.42. The van der Waals surface area contributed by atoms with Crippen LogP contribution in [0.1, 0.15) is 39.5 Å². The minimum absolute atomic E-state index is 0.0224. The molecule has 0 aromatic rings. The van der Waals surface area contributed by atoms with Gasteiger partial charge in [0.2, 0.25) is 0 Å². The van der Waals surface area contributed by atoms with Crippen LogP contribution in [0, 0.1) is 11.3 Å². The minimum Gasteiger partial charge on any atom is -0.388 e. The van der Waals surface area contributed by atoms with Crippen molar-refractivity contribution in [3.05, 3.63) is 0 Å². The van der Waals surface area contributed by atoms with Crippen LogP contribution in [-0.4, -0.2) is 41.8 Å². The monoisotopic (exact) mass is 226 g/mol. The molecule has 1 heterocycles. The zero-order chi connectivity index (χ0) is 12.0. The van der Waals surface area contributed by atoms with Crippen LogP contribution in [0.15, 0.2) is 0 Å². The molecule has 1 aliphatic heterocycles. The first-order valence-electron chi connectivity index (χ1n) is 6.55. The van der Waals surface area contributed by atoms with Crippen LogP contribution < -0.4 is 5.73 Å². The molecule has 2 aliphatic rings. The molecule has 0 bridgehead atoms. The number of β-amino-alcohol motifs (C(OH)–C–C–N with tert-alkyl or cyclic N) is 1. The van der Waals surface area contributed by atoms with Crippen molar-refractivity contribution in [1.29, 1.82) is 0 Å². The summed E-state index contributed by atoms with van der Waals surface area (Å²) < 4.78 is 0. The standard InChI is InChI=1S/C13H26N2O/c1-10-4-5-12(6-10,8-14)13(16)7-11(2)15(3)9-13/h10-11,16H,4-9,14H2,1-3H3. The van der Waals surface area contributed by atoms with Crippen LogP contribution in [0.25, 0.3) is 0 Å². The van der Waals surface area contributed by atoms with Gasteiger partial charge in [0.1, 0.15) is 0 Å². The first kappa shape index (κ1) is 12.3. The SMILES string of the molecule is CC1CCC(CN)(C2(O)CC(C)N(C)C2)C1. The van der Waals surface area contributed by atoms with Gasteiger partial charge in [-0.3, -0.25) is 0 Å². The molecule has 2 rings (SSSR count). The van der Waals surface area contributed by atoms with E-state index in [-0.39, 0.29) is 5.41 Å². The van der Waals surface area contributed by atoms with Crippen molar-refractivity contribution < 1.29 is 5.11 Å². The Hall–Kier alpha value is -0.120. The van der Waals surface area contributed by atoms with E-state index in [0.29, 0.717) is 18.5 Å². The van der Waals surface area contributed by atoms with E-state index in [0.717, 1.165) is 25.8 Å². The Labute approximate surface area is 99.0 Å². The fourth-order valence-electron chi connectivity index (χ4n) is 3.85. The third-order valence-electron chi connectivity index (χ3n) is 5.13. The highest BCUT2D eigenvalue weighted by Crippen LogP contribution is 2.52. The highest BCUT2D eigenvalue weighted by Gasteiger charge is 2.56. The van der Waals surface area contributed by atoms with Gasteiger partial charge in [-0.15, -0.1) is 0 Å². The average Bonchev–Trinajstić information content (AvgIpc) is 2.71. The number of likely N-dealkylation sites (tertiary alicyclic amines) is 1. The zero-order valence-corrected chi connectivity index (χ0v) is 10.9. The van der Waals surface area contributed by atoms with Crippen molar-refractivity contribution in [3.8, 4) is 0 Å². The molecule has 0 spiro atoms. The summed E-state index contributed by atoms with van der Waals surface area (Å²) in [7, 11) is 2.10. The van der Waals surface area contributed by atoms with Gasteiger partial charge in [0.05, 0.1) is 5.60 Å². The molecular formula is C13H26N2O. The van der Waals surface area contributed by atoms with Gasteiger partial charge in [0.15, 0.2) is 0 Å². The summed E-state index contributed by atoms with van der Waals surface area (Å²) in [5, 5.41) is 11.0. The van der Waals surface area contributed by atoms with Crippen LogP contribution in [-0.2, 0) is 0 Å². The van der Waals surface area contributed by atoms with Gasteiger partial charge < -0.3 is 15.7 Å². The van der Waals surface area contributed by atoms with E-state index in [1.54, 1.807) is 0 Å². The second-order valence-electron chi connectivity index (χ2n) is 6.33. The molecule has 0 aromatic heterocycles. The van der Waals surface area contributed by atoms with Crippen molar-refractivity contribution in [3.63, 3.8) is 0 Å². The molecule has 94 valence electrons. The molecule has 1 aliphatic carbocycles. The average molecular weight is 226 g/mol. The Bertz CT molecular complexity index is 259. The van der Waals surface area contributed by atoms with Crippen LogP contribution in [0.4, 0.5) is 0 Å². The van der Waals surface area contributed by atoms with Gasteiger partial charge in [-0.1, -0.05) is 13.3 Å². The number of likely N-dealkylation sites (N-methyl/N-ethyl adjacent to an activating group) is 1. The Kier molecular flexibility index (Phi) is 3.06. The second kappa shape index (κ2) is 3.97. The lowest BCUT2D eigenvalue weighted by Crippen LogP contribution is -2.52. The Morgan fingerprint density at radius 3 is 2.44 bits per heavy atom. The Balaban J connectivity index is 2.22. The largest absolute Gasteiger partial charge is 0.388 e. The van der Waals surface area contributed by atoms with Crippen LogP contribution >= 0.6 is 0 Å². The lowest BCUT2D eigenvalue weighted by atomic mass is 9.69. The summed E-state index contributed by atoms with van der Waals surface area (Å²) in [4.78, 5) is 2.26. The fraction of sp³-hybridized carbons (Fsp3) is 1.00. The van der Waals surface area contributed by atoms with E-state index in [2.05, 4.69) is 25.8 Å². The maximum Gasteiger partial charge on any atom is 0.0856 e. The van der Waals surface area contributed by atoms with E-state index in [1.807, 2.05) is 0 Å². The molecule has 2 fully saturated rings. The fourth-order valence-corrected chi connectivity index (χ4v) is 3.85. The van der Waals surface area contributed by atoms with Crippen molar-refractivity contribution in [2.75, 3.05) is 20.1 Å². The number of nitrogens with zero attached hydrogens (tertiary/aromatic N) is 1. The summed E-state index contributed by atoms with van der Waals surface area (Å²) in [5.74, 6) is 0.716. The van der Waals surface area contributed by atoms with E-state index in [4.69, 9.17) is 5.73 Å². The molecule has 3 nitrogen and oxygen atoms in total. The highest BCUT2D eigenvalue weighted by molar-refractivity contribution is 5.09. The smallest absolute Gasteiger partial charge is 0.0856 e. The molecule has 4 atom stereocenters. The maximum atomic E-state index is 11.0. The number of hydrogen-bond acceptors (Lipinski definition) is 3. The van der Waals surface area contributed by atoms with E-state index in [1.165, 1.54) is 6.42 Å². The third kappa shape index (κ3) is 1.69. The Morgan fingerprint density at radius 2 is 2.06 bits per heavy atom. The highest BCUT2D eigenvalue weighted by atomic mass is 16.3. The number of hydrogen-bond donors (Lipinski definition) is 2. The summed E-state index contributed by atoms with van der Waals surface area (Å²) >= 11 is 0. The van der Waals surface area contributed by atoms with Crippen LogP contribution in [0.5, 0.6) is 0 Å². The van der Waals surface area contributed by atoms with Gasteiger partial charge in [0, 0.05) is 24.5 Å². The molecule has 0 amide bonds. The molecular weight excluding hydrogens is 200 g/mol. The van der Waals surface area contributed by atoms with E-state index >= 15 is 0 Å². The van der Waals surface area contributed by atoms with Crippen molar-refractivity contribution in [2.24, 2.45) is 17.1 Å². The summed E-state index contributed by atoms with van der Waals surface area (Å²) in [6.07, 6.45) is 4.30. The van der Waals surface area contributed by atoms with Gasteiger partial charge in [-0.25, -0.2) is 0 Å². The summed E-state index contributed by atoms with van der Waals surface area (Å²) in [6.45, 7) is 5.90. The number of rotatable bonds is 2. The molecule has 0 radical (unpaired) electrons. The maximum absolute atomic E-state index is 11.0. The topological polar surface area (TPSA) is 49.5 Å². The lowest BCUT2D eigenvalue weighted by molar-refractivity contribution is -0.0696. The molecule has 1 saturated heterocycles. The molecule has 3 heteroatoms. The molecule has 16 heavy (non-hydrogen) atoms. The van der Waals surface area contributed by atoms with Gasteiger partial charge in [0.25, 0.3) is 0 Å². The predicted molar refractivity (Wildman–Crippen MR) is 66.2 cm³/mol. The van der Waals surface area contributed by atoms with Crippen LogP contribution in [0.3, 0.4) is 0 Å². The molecule has 0 aromatic carbocycles. The lowest BCUT2D eigenvalue weighted by Gasteiger charge is -2.42. The van der Waals surface area contributed by atoms with Gasteiger partial charge >= 0.3 is 0 Å². The summed E-state index contributed by atoms with van der Waals surface area (Å²) in [5.41, 5.74) is 5.43. The van der Waals surface area contributed by atoms with Crippen molar-refractivity contribution in [1.82, 2.24) is 4.90 Å². The van der Waals surface area contributed by atoms with Crippen LogP contribution in [0.2, 0.25) is 0 Å². The molecule has 1 saturated carbocycles. The first-order valence-corrected chi connectivity index (χ1v) is 6.55. The molecule has 4 unspecified atom stereocenters. The normalized spacial score (nSPS) is 50.1. The molecule has 3 N–H and O–H groups in total. The van der Waals surface area contributed by atoms with Gasteiger partial charge in [-0.05, 0) is 39.2 Å². The van der Waals surface area contributed by atoms with Crippen molar-refractivity contribution >= 4 is 0 Å². The Morgan fingerprint density at radius 1 is 1.38 bits per heavy atom. The summed E-state index contributed by atoms with van der Waals surface area (Å²) in [6, 6.07) is 0.476. The quantitative estimate of drug-likeness (QED) is 0.744. The predicted octanol–water partition coefficient (Wildman–Crippen LogP) is 1.21. The van der Waals surface area contributed by atoms with E-state index < -0.39 is 5.60 Å².